The summed E-state index contributed by atoms with van der Waals surface area (Å²) in [5.74, 6) is -0.886. The van der Waals surface area contributed by atoms with Crippen LogP contribution in [0.5, 0.6) is 5.75 Å². The molecule has 0 saturated heterocycles. The lowest BCUT2D eigenvalue weighted by Gasteiger charge is -2.06. The highest BCUT2D eigenvalue weighted by atomic mass is 127. The highest BCUT2D eigenvalue weighted by Gasteiger charge is 2.11. The van der Waals surface area contributed by atoms with E-state index in [1.807, 2.05) is 22.6 Å². The summed E-state index contributed by atoms with van der Waals surface area (Å²) in [6.45, 7) is 0.177. The molecule has 1 aromatic rings. The molecule has 1 aromatic carbocycles. The summed E-state index contributed by atoms with van der Waals surface area (Å²) < 4.78 is 5.29. The van der Waals surface area contributed by atoms with Crippen molar-refractivity contribution in [2.75, 3.05) is 13.7 Å². The molecule has 1 amide bonds. The Morgan fingerprint density at radius 3 is 2.82 bits per heavy atom. The summed E-state index contributed by atoms with van der Waals surface area (Å²) in [6, 6.07) is 4.72. The molecule has 0 bridgehead atoms. The molecule has 0 atom stereocenters. The van der Waals surface area contributed by atoms with E-state index in [9.17, 15) is 14.7 Å². The van der Waals surface area contributed by atoms with Gasteiger partial charge in [0.2, 0.25) is 0 Å². The van der Waals surface area contributed by atoms with Crippen molar-refractivity contribution in [1.29, 1.82) is 0 Å². The summed E-state index contributed by atoms with van der Waals surface area (Å²) in [5, 5.41) is 12.0. The van der Waals surface area contributed by atoms with E-state index >= 15 is 0 Å². The molecule has 2 N–H and O–H groups in total. The van der Waals surface area contributed by atoms with Gasteiger partial charge in [-0.3, -0.25) is 9.59 Å². The third-order valence-corrected chi connectivity index (χ3v) is 2.72. The summed E-state index contributed by atoms with van der Waals surface area (Å²) in [7, 11) is 1.29. The summed E-state index contributed by atoms with van der Waals surface area (Å²) >= 11 is 2.04. The highest BCUT2D eigenvalue weighted by molar-refractivity contribution is 14.1. The number of ether oxygens (including phenoxy) is 1. The Kier molecular flexibility index (Phi) is 5.20. The fourth-order valence-electron chi connectivity index (χ4n) is 1.17. The first-order chi connectivity index (χ1) is 8.04. The van der Waals surface area contributed by atoms with Gasteiger partial charge in [-0.15, -0.1) is 0 Å². The minimum atomic E-state index is -0.412. The van der Waals surface area contributed by atoms with Crippen LogP contribution in [0.15, 0.2) is 18.2 Å². The van der Waals surface area contributed by atoms with Crippen molar-refractivity contribution in [1.82, 2.24) is 5.32 Å². The number of aromatic hydroxyl groups is 1. The molecule has 0 unspecified atom stereocenters. The number of amides is 1. The van der Waals surface area contributed by atoms with Crippen LogP contribution in [0, 0.1) is 3.57 Å². The number of halogens is 1. The number of rotatable bonds is 4. The third-order valence-electron chi connectivity index (χ3n) is 2.05. The maximum atomic E-state index is 11.7. The predicted molar refractivity (Wildman–Crippen MR) is 69.8 cm³/mol. The van der Waals surface area contributed by atoms with Crippen LogP contribution in [-0.2, 0) is 9.53 Å². The quantitative estimate of drug-likeness (QED) is 0.635. The Bertz CT molecular complexity index is 433. The average Bonchev–Trinajstić information content (AvgIpc) is 2.31. The first kappa shape index (κ1) is 13.8. The lowest BCUT2D eigenvalue weighted by Crippen LogP contribution is -2.26. The van der Waals surface area contributed by atoms with Gasteiger partial charge in [0.15, 0.2) is 0 Å². The fraction of sp³-hybridized carbons (Fsp3) is 0.273. The summed E-state index contributed by atoms with van der Waals surface area (Å²) in [6.07, 6.45) is 0.104. The predicted octanol–water partition coefficient (Wildman–Crippen LogP) is 1.29. The number of nitrogens with one attached hydrogen (secondary N) is 1. The van der Waals surface area contributed by atoms with E-state index in [4.69, 9.17) is 0 Å². The van der Waals surface area contributed by atoms with E-state index < -0.39 is 11.9 Å². The lowest BCUT2D eigenvalue weighted by molar-refractivity contribution is -0.140. The third kappa shape index (κ3) is 4.22. The number of hydrogen-bond donors (Lipinski definition) is 2. The van der Waals surface area contributed by atoms with E-state index in [0.29, 0.717) is 0 Å². The van der Waals surface area contributed by atoms with Gasteiger partial charge in [-0.05, 0) is 40.8 Å². The van der Waals surface area contributed by atoms with Crippen LogP contribution in [-0.4, -0.2) is 30.6 Å². The number of hydrogen-bond acceptors (Lipinski definition) is 4. The minimum absolute atomic E-state index is 0.0824. The SMILES string of the molecule is COC(=O)CCNC(=O)c1cc(I)ccc1O. The molecule has 0 saturated carbocycles. The monoisotopic (exact) mass is 349 g/mol. The second-order valence-electron chi connectivity index (χ2n) is 3.24. The molecular formula is C11H12INO4. The first-order valence-electron chi connectivity index (χ1n) is 4.88. The zero-order valence-corrected chi connectivity index (χ0v) is 11.4. The Labute approximate surface area is 112 Å². The molecule has 0 spiro atoms. The van der Waals surface area contributed by atoms with E-state index in [1.165, 1.54) is 13.2 Å². The Morgan fingerprint density at radius 1 is 1.47 bits per heavy atom. The van der Waals surface area contributed by atoms with Crippen molar-refractivity contribution in [2.24, 2.45) is 0 Å². The molecule has 0 aliphatic carbocycles. The van der Waals surface area contributed by atoms with Gasteiger partial charge >= 0.3 is 5.97 Å². The molecule has 0 aromatic heterocycles. The molecule has 92 valence electrons. The lowest BCUT2D eigenvalue weighted by atomic mass is 10.2. The highest BCUT2D eigenvalue weighted by Crippen LogP contribution is 2.19. The van der Waals surface area contributed by atoms with E-state index in [-0.39, 0.29) is 24.3 Å². The van der Waals surface area contributed by atoms with Crippen molar-refractivity contribution in [3.05, 3.63) is 27.3 Å². The molecule has 1 rings (SSSR count). The van der Waals surface area contributed by atoms with E-state index in [2.05, 4.69) is 10.1 Å². The fourth-order valence-corrected chi connectivity index (χ4v) is 1.66. The summed E-state index contributed by atoms with van der Waals surface area (Å²) in [4.78, 5) is 22.5. The van der Waals surface area contributed by atoms with Gasteiger partial charge in [-0.1, -0.05) is 0 Å². The van der Waals surface area contributed by atoms with Gasteiger partial charge in [0.1, 0.15) is 5.75 Å². The molecular weight excluding hydrogens is 337 g/mol. The number of carbonyl (C=O) groups excluding carboxylic acids is 2. The van der Waals surface area contributed by atoms with Crippen LogP contribution in [0.25, 0.3) is 0 Å². The number of esters is 1. The number of phenols is 1. The second-order valence-corrected chi connectivity index (χ2v) is 4.49. The van der Waals surface area contributed by atoms with Gasteiger partial charge in [0.25, 0.3) is 5.91 Å². The smallest absolute Gasteiger partial charge is 0.307 e. The molecule has 6 heteroatoms. The second kappa shape index (κ2) is 6.43. The maximum absolute atomic E-state index is 11.7. The normalized spacial score (nSPS) is 9.76. The van der Waals surface area contributed by atoms with Crippen molar-refractivity contribution in [3.63, 3.8) is 0 Å². The first-order valence-corrected chi connectivity index (χ1v) is 5.96. The Morgan fingerprint density at radius 2 is 2.18 bits per heavy atom. The number of benzene rings is 1. The molecule has 0 aliphatic rings. The van der Waals surface area contributed by atoms with Gasteiger partial charge in [-0.25, -0.2) is 0 Å². The molecule has 0 fully saturated rings. The van der Waals surface area contributed by atoms with Crippen molar-refractivity contribution in [2.45, 2.75) is 6.42 Å². The van der Waals surface area contributed by atoms with Crippen LogP contribution in [0.1, 0.15) is 16.8 Å². The van der Waals surface area contributed by atoms with Crippen LogP contribution in [0.2, 0.25) is 0 Å². The van der Waals surface area contributed by atoms with Gasteiger partial charge in [-0.2, -0.15) is 0 Å². The molecule has 0 heterocycles. The molecule has 0 aliphatic heterocycles. The zero-order valence-electron chi connectivity index (χ0n) is 9.20. The Balaban J connectivity index is 2.58. The minimum Gasteiger partial charge on any atom is -0.507 e. The van der Waals surface area contributed by atoms with Crippen LogP contribution in [0.4, 0.5) is 0 Å². The number of phenolic OH excluding ortho intramolecular Hbond substituents is 1. The van der Waals surface area contributed by atoms with Crippen LogP contribution >= 0.6 is 22.6 Å². The van der Waals surface area contributed by atoms with E-state index in [0.717, 1.165) is 3.57 Å². The average molecular weight is 349 g/mol. The topological polar surface area (TPSA) is 75.6 Å². The van der Waals surface area contributed by atoms with Crippen molar-refractivity contribution >= 4 is 34.5 Å². The van der Waals surface area contributed by atoms with Gasteiger partial charge in [0, 0.05) is 10.1 Å². The zero-order chi connectivity index (χ0) is 12.8. The maximum Gasteiger partial charge on any atom is 0.307 e. The van der Waals surface area contributed by atoms with Gasteiger partial charge in [0.05, 0.1) is 19.1 Å². The standard InChI is InChI=1S/C11H12INO4/c1-17-10(15)4-5-13-11(16)8-6-7(12)2-3-9(8)14/h2-3,6,14H,4-5H2,1H3,(H,13,16). The van der Waals surface area contributed by atoms with Crippen molar-refractivity contribution in [3.8, 4) is 5.75 Å². The largest absolute Gasteiger partial charge is 0.507 e. The number of methoxy groups -OCH3 is 1. The number of carbonyl (C=O) groups is 2. The molecule has 5 nitrogen and oxygen atoms in total. The summed E-state index contributed by atoms with van der Waals surface area (Å²) in [5.41, 5.74) is 0.196. The van der Waals surface area contributed by atoms with Crippen LogP contribution < -0.4 is 5.32 Å². The molecule has 17 heavy (non-hydrogen) atoms. The van der Waals surface area contributed by atoms with E-state index in [1.54, 1.807) is 12.1 Å². The van der Waals surface area contributed by atoms with Crippen molar-refractivity contribution < 1.29 is 19.4 Å². The molecule has 0 radical (unpaired) electrons. The van der Waals surface area contributed by atoms with Crippen LogP contribution in [0.3, 0.4) is 0 Å². The van der Waals surface area contributed by atoms with Gasteiger partial charge < -0.3 is 15.2 Å². The Hall–Kier alpha value is -1.31.